The monoisotopic (exact) mass is 310 g/mol. The fourth-order valence-electron chi connectivity index (χ4n) is 2.33. The molecule has 1 aliphatic rings. The average molecular weight is 310 g/mol. The summed E-state index contributed by atoms with van der Waals surface area (Å²) in [7, 11) is 0. The molecular formula is C17H23FO4. The van der Waals surface area contributed by atoms with E-state index >= 15 is 0 Å². The molecule has 0 radical (unpaired) electrons. The van der Waals surface area contributed by atoms with Crippen LogP contribution in [0.15, 0.2) is 12.1 Å². The first-order valence-electron chi connectivity index (χ1n) is 7.69. The van der Waals surface area contributed by atoms with Crippen molar-refractivity contribution in [2.24, 2.45) is 0 Å². The lowest BCUT2D eigenvalue weighted by Crippen LogP contribution is -2.11. The molecule has 1 heterocycles. The minimum Gasteiger partial charge on any atom is -0.466 e. The van der Waals surface area contributed by atoms with Crippen LogP contribution in [0.5, 0.6) is 0 Å². The van der Waals surface area contributed by atoms with E-state index in [-0.39, 0.29) is 30.4 Å². The third-order valence-electron chi connectivity index (χ3n) is 3.70. The van der Waals surface area contributed by atoms with Gasteiger partial charge in [0.15, 0.2) is 0 Å². The summed E-state index contributed by atoms with van der Waals surface area (Å²) >= 11 is 0. The lowest BCUT2D eigenvalue weighted by Gasteiger charge is -2.18. The van der Waals surface area contributed by atoms with E-state index in [0.717, 1.165) is 17.7 Å². The highest BCUT2D eigenvalue weighted by Crippen LogP contribution is 2.26. The second-order valence-corrected chi connectivity index (χ2v) is 5.54. The van der Waals surface area contributed by atoms with Crippen molar-refractivity contribution < 1.29 is 23.4 Å². The van der Waals surface area contributed by atoms with Gasteiger partial charge in [0, 0.05) is 6.42 Å². The summed E-state index contributed by atoms with van der Waals surface area (Å²) in [4.78, 5) is 11.5. The molecule has 0 bridgehead atoms. The lowest BCUT2D eigenvalue weighted by molar-refractivity contribution is -0.143. The zero-order chi connectivity index (χ0) is 16.1. The molecule has 0 amide bonds. The molecule has 0 N–H and O–H groups in total. The molecule has 1 aromatic rings. The first kappa shape index (κ1) is 16.9. The molecule has 5 heteroatoms. The molecule has 2 atom stereocenters. The molecule has 0 aromatic heterocycles. The number of aryl methyl sites for hydroxylation is 2. The Morgan fingerprint density at radius 2 is 2.23 bits per heavy atom. The predicted octanol–water partition coefficient (Wildman–Crippen LogP) is 3.11. The topological polar surface area (TPSA) is 48.1 Å². The van der Waals surface area contributed by atoms with Crippen molar-refractivity contribution in [3.8, 4) is 0 Å². The molecule has 0 spiro atoms. The van der Waals surface area contributed by atoms with Crippen LogP contribution in [0.4, 0.5) is 4.39 Å². The van der Waals surface area contributed by atoms with Crippen LogP contribution in [-0.4, -0.2) is 31.9 Å². The predicted molar refractivity (Wildman–Crippen MR) is 80.2 cm³/mol. The number of rotatable bonds is 8. The SMILES string of the molecule is CCOC(=O)CCc1cc(C)c(F)cc1[C@@H](C)OC[C@H]1CO1. The van der Waals surface area contributed by atoms with Crippen molar-refractivity contribution in [1.82, 2.24) is 0 Å². The van der Waals surface area contributed by atoms with Gasteiger partial charge in [-0.3, -0.25) is 4.79 Å². The second kappa shape index (κ2) is 7.70. The molecule has 2 rings (SSSR count). The van der Waals surface area contributed by atoms with Crippen LogP contribution in [-0.2, 0) is 25.4 Å². The number of carbonyl (C=O) groups excluding carboxylic acids is 1. The van der Waals surface area contributed by atoms with Gasteiger partial charge in [-0.25, -0.2) is 4.39 Å². The van der Waals surface area contributed by atoms with E-state index in [1.54, 1.807) is 19.9 Å². The van der Waals surface area contributed by atoms with E-state index in [1.165, 1.54) is 6.07 Å². The van der Waals surface area contributed by atoms with E-state index in [2.05, 4.69) is 0 Å². The van der Waals surface area contributed by atoms with Crippen LogP contribution < -0.4 is 0 Å². The fourth-order valence-corrected chi connectivity index (χ4v) is 2.33. The summed E-state index contributed by atoms with van der Waals surface area (Å²) in [5, 5.41) is 0. The van der Waals surface area contributed by atoms with Gasteiger partial charge < -0.3 is 14.2 Å². The number of hydrogen-bond donors (Lipinski definition) is 0. The highest BCUT2D eigenvalue weighted by molar-refractivity contribution is 5.69. The van der Waals surface area contributed by atoms with Crippen molar-refractivity contribution in [1.29, 1.82) is 0 Å². The summed E-state index contributed by atoms with van der Waals surface area (Å²) in [6.07, 6.45) is 0.727. The molecule has 4 nitrogen and oxygen atoms in total. The highest BCUT2D eigenvalue weighted by Gasteiger charge is 2.24. The minimum atomic E-state index is -0.256. The largest absolute Gasteiger partial charge is 0.466 e. The van der Waals surface area contributed by atoms with E-state index in [9.17, 15) is 9.18 Å². The maximum absolute atomic E-state index is 13.9. The molecule has 1 fully saturated rings. The quantitative estimate of drug-likeness (QED) is 0.547. The molecule has 1 saturated heterocycles. The first-order valence-corrected chi connectivity index (χ1v) is 7.69. The van der Waals surface area contributed by atoms with Gasteiger partial charge >= 0.3 is 5.97 Å². The Morgan fingerprint density at radius 3 is 2.86 bits per heavy atom. The maximum Gasteiger partial charge on any atom is 0.306 e. The van der Waals surface area contributed by atoms with Crippen LogP contribution >= 0.6 is 0 Å². The number of halogens is 1. The zero-order valence-electron chi connectivity index (χ0n) is 13.4. The van der Waals surface area contributed by atoms with Crippen LogP contribution in [0.3, 0.4) is 0 Å². The Hall–Kier alpha value is -1.46. The number of carbonyl (C=O) groups is 1. The minimum absolute atomic E-state index is 0.167. The number of ether oxygens (including phenoxy) is 3. The summed E-state index contributed by atoms with van der Waals surface area (Å²) in [6, 6.07) is 3.30. The van der Waals surface area contributed by atoms with Gasteiger partial charge in [-0.05, 0) is 49.9 Å². The van der Waals surface area contributed by atoms with Crippen LogP contribution in [0.25, 0.3) is 0 Å². The van der Waals surface area contributed by atoms with E-state index < -0.39 is 0 Å². The highest BCUT2D eigenvalue weighted by atomic mass is 19.1. The van der Waals surface area contributed by atoms with Gasteiger partial charge in [0.25, 0.3) is 0 Å². The third kappa shape index (κ3) is 4.78. The van der Waals surface area contributed by atoms with Crippen molar-refractivity contribution in [3.63, 3.8) is 0 Å². The van der Waals surface area contributed by atoms with Gasteiger partial charge in [0.2, 0.25) is 0 Å². The summed E-state index contributed by atoms with van der Waals surface area (Å²) in [5.74, 6) is -0.497. The number of benzene rings is 1. The Morgan fingerprint density at radius 1 is 1.50 bits per heavy atom. The molecule has 122 valence electrons. The van der Waals surface area contributed by atoms with Gasteiger partial charge in [0.05, 0.1) is 25.9 Å². The van der Waals surface area contributed by atoms with Gasteiger partial charge in [-0.1, -0.05) is 6.07 Å². The number of epoxide rings is 1. The van der Waals surface area contributed by atoms with Gasteiger partial charge in [0.1, 0.15) is 11.9 Å². The Kier molecular flexibility index (Phi) is 5.91. The van der Waals surface area contributed by atoms with Crippen molar-refractivity contribution in [2.75, 3.05) is 19.8 Å². The molecule has 0 saturated carbocycles. The van der Waals surface area contributed by atoms with Crippen molar-refractivity contribution in [3.05, 3.63) is 34.6 Å². The van der Waals surface area contributed by atoms with Crippen molar-refractivity contribution >= 4 is 5.97 Å². The summed E-state index contributed by atoms with van der Waals surface area (Å²) in [6.45, 7) is 6.99. The number of esters is 1. The summed E-state index contributed by atoms with van der Waals surface area (Å²) < 4.78 is 29.7. The lowest BCUT2D eigenvalue weighted by atomic mass is 9.96. The first-order chi connectivity index (χ1) is 10.5. The molecule has 1 aliphatic heterocycles. The standard InChI is InChI=1S/C17H23FO4/c1-4-20-17(19)6-5-13-7-11(2)16(18)8-15(13)12(3)21-9-14-10-22-14/h7-8,12,14H,4-6,9-10H2,1-3H3/t12-,14+/m1/s1. The molecule has 22 heavy (non-hydrogen) atoms. The van der Waals surface area contributed by atoms with Gasteiger partial charge in [-0.15, -0.1) is 0 Å². The van der Waals surface area contributed by atoms with E-state index in [0.29, 0.717) is 25.2 Å². The Bertz CT molecular complexity index is 526. The van der Waals surface area contributed by atoms with E-state index in [1.807, 2.05) is 6.92 Å². The van der Waals surface area contributed by atoms with Crippen LogP contribution in [0, 0.1) is 12.7 Å². The normalized spacial score (nSPS) is 18.1. The molecule has 0 aliphatic carbocycles. The molecular weight excluding hydrogens is 287 g/mol. The van der Waals surface area contributed by atoms with E-state index in [4.69, 9.17) is 14.2 Å². The fraction of sp³-hybridized carbons (Fsp3) is 0.588. The van der Waals surface area contributed by atoms with Gasteiger partial charge in [-0.2, -0.15) is 0 Å². The molecule has 0 unspecified atom stereocenters. The van der Waals surface area contributed by atoms with Crippen molar-refractivity contribution in [2.45, 2.75) is 45.8 Å². The average Bonchev–Trinajstić information content (AvgIpc) is 3.30. The Labute approximate surface area is 130 Å². The third-order valence-corrected chi connectivity index (χ3v) is 3.70. The smallest absolute Gasteiger partial charge is 0.306 e. The Balaban J connectivity index is 2.07. The molecule has 1 aromatic carbocycles. The van der Waals surface area contributed by atoms with Crippen LogP contribution in [0.1, 0.15) is 43.1 Å². The number of hydrogen-bond acceptors (Lipinski definition) is 4. The summed E-state index contributed by atoms with van der Waals surface area (Å²) in [5.41, 5.74) is 2.28. The maximum atomic E-state index is 13.9. The second-order valence-electron chi connectivity index (χ2n) is 5.54. The zero-order valence-corrected chi connectivity index (χ0v) is 13.4. The van der Waals surface area contributed by atoms with Crippen LogP contribution in [0.2, 0.25) is 0 Å².